The average molecular weight is 296 g/mol. The summed E-state index contributed by atoms with van der Waals surface area (Å²) >= 11 is 0. The number of nitrogen functional groups attached to an aromatic ring is 1. The van der Waals surface area contributed by atoms with Crippen molar-refractivity contribution >= 4 is 21.4 Å². The van der Waals surface area contributed by atoms with E-state index in [1.54, 1.807) is 18.0 Å². The number of sulfone groups is 1. The molecular weight excluding hydrogens is 276 g/mol. The lowest BCUT2D eigenvalue weighted by Gasteiger charge is -2.27. The summed E-state index contributed by atoms with van der Waals surface area (Å²) in [6.45, 7) is 1.91. The molecule has 0 aliphatic carbocycles. The lowest BCUT2D eigenvalue weighted by atomic mass is 10.0. The van der Waals surface area contributed by atoms with Crippen molar-refractivity contribution in [2.45, 2.75) is 19.4 Å². The van der Waals surface area contributed by atoms with Crippen molar-refractivity contribution in [3.8, 4) is 0 Å². The maximum Gasteiger partial charge on any atom is 0.226 e. The molecule has 1 aromatic rings. The fourth-order valence-corrected chi connectivity index (χ4v) is 4.24. The second-order valence-corrected chi connectivity index (χ2v) is 7.62. The summed E-state index contributed by atoms with van der Waals surface area (Å²) in [6.07, 6.45) is 0.426. The van der Waals surface area contributed by atoms with Gasteiger partial charge in [-0.3, -0.25) is 4.79 Å². The molecular formula is C14H20N2O3S. The molecule has 1 aromatic carbocycles. The summed E-state index contributed by atoms with van der Waals surface area (Å²) in [5.41, 5.74) is 7.35. The zero-order valence-corrected chi connectivity index (χ0v) is 12.6. The van der Waals surface area contributed by atoms with Crippen molar-refractivity contribution in [2.24, 2.45) is 5.92 Å². The van der Waals surface area contributed by atoms with Gasteiger partial charge in [0.25, 0.3) is 0 Å². The largest absolute Gasteiger partial charge is 0.399 e. The Morgan fingerprint density at radius 3 is 2.70 bits per heavy atom. The molecule has 2 atom stereocenters. The van der Waals surface area contributed by atoms with E-state index in [9.17, 15) is 13.2 Å². The predicted molar refractivity (Wildman–Crippen MR) is 78.8 cm³/mol. The Kier molecular flexibility index (Phi) is 4.04. The van der Waals surface area contributed by atoms with Gasteiger partial charge < -0.3 is 10.6 Å². The van der Waals surface area contributed by atoms with Crippen LogP contribution in [0.2, 0.25) is 0 Å². The van der Waals surface area contributed by atoms with Gasteiger partial charge in [-0.05, 0) is 31.0 Å². The molecule has 1 amide bonds. The molecule has 0 radical (unpaired) electrons. The summed E-state index contributed by atoms with van der Waals surface area (Å²) in [6, 6.07) is 7.26. The van der Waals surface area contributed by atoms with Crippen molar-refractivity contribution in [1.29, 1.82) is 0 Å². The highest BCUT2D eigenvalue weighted by molar-refractivity contribution is 7.91. The lowest BCUT2D eigenvalue weighted by molar-refractivity contribution is -0.135. The van der Waals surface area contributed by atoms with E-state index in [-0.39, 0.29) is 23.5 Å². The molecule has 110 valence electrons. The highest BCUT2D eigenvalue weighted by Gasteiger charge is 2.35. The number of hydrogen-bond acceptors (Lipinski definition) is 4. The molecule has 1 fully saturated rings. The van der Waals surface area contributed by atoms with Crippen molar-refractivity contribution in [2.75, 3.05) is 24.3 Å². The number of carbonyl (C=O) groups excluding carboxylic acids is 1. The van der Waals surface area contributed by atoms with E-state index in [4.69, 9.17) is 5.73 Å². The first-order valence-electron chi connectivity index (χ1n) is 6.63. The topological polar surface area (TPSA) is 80.5 Å². The molecule has 2 unspecified atom stereocenters. The monoisotopic (exact) mass is 296 g/mol. The Balaban J connectivity index is 2.11. The minimum Gasteiger partial charge on any atom is -0.399 e. The van der Waals surface area contributed by atoms with Gasteiger partial charge in [-0.1, -0.05) is 12.1 Å². The van der Waals surface area contributed by atoms with Crippen LogP contribution in [0.3, 0.4) is 0 Å². The average Bonchev–Trinajstić information content (AvgIpc) is 2.76. The Bertz CT molecular complexity index is 613. The Hall–Kier alpha value is -1.56. The minimum atomic E-state index is -3.04. The summed E-state index contributed by atoms with van der Waals surface area (Å²) in [5, 5.41) is 0. The maximum atomic E-state index is 12.4. The standard InChI is InChI=1S/C14H20N2O3S/c1-10(11-4-3-5-13(15)8-11)16(2)14(17)12-6-7-20(18,19)9-12/h3-5,8,10,12H,6-7,9,15H2,1-2H3. The first-order chi connectivity index (χ1) is 9.30. The van der Waals surface area contributed by atoms with Crippen molar-refractivity contribution < 1.29 is 13.2 Å². The van der Waals surface area contributed by atoms with E-state index in [1.165, 1.54) is 0 Å². The second kappa shape index (κ2) is 5.44. The predicted octanol–water partition coefficient (Wildman–Crippen LogP) is 1.22. The van der Waals surface area contributed by atoms with Crippen molar-refractivity contribution in [3.05, 3.63) is 29.8 Å². The fourth-order valence-electron chi connectivity index (χ4n) is 2.51. The smallest absolute Gasteiger partial charge is 0.226 e. The minimum absolute atomic E-state index is 0.0280. The van der Waals surface area contributed by atoms with Crippen LogP contribution in [-0.2, 0) is 14.6 Å². The molecule has 1 heterocycles. The molecule has 5 nitrogen and oxygen atoms in total. The van der Waals surface area contributed by atoms with Gasteiger partial charge in [-0.15, -0.1) is 0 Å². The van der Waals surface area contributed by atoms with Crippen LogP contribution in [0.25, 0.3) is 0 Å². The number of rotatable bonds is 3. The SMILES string of the molecule is CC(c1cccc(N)c1)N(C)C(=O)C1CCS(=O)(=O)C1. The Morgan fingerprint density at radius 2 is 2.15 bits per heavy atom. The number of benzene rings is 1. The number of amides is 1. The van der Waals surface area contributed by atoms with E-state index in [2.05, 4.69) is 0 Å². The van der Waals surface area contributed by atoms with Gasteiger partial charge in [0.15, 0.2) is 9.84 Å². The van der Waals surface area contributed by atoms with Crippen molar-refractivity contribution in [1.82, 2.24) is 4.90 Å². The van der Waals surface area contributed by atoms with Crippen LogP contribution in [0.5, 0.6) is 0 Å². The summed E-state index contributed by atoms with van der Waals surface area (Å²) in [5.74, 6) is -0.432. The zero-order valence-electron chi connectivity index (χ0n) is 11.7. The molecule has 2 rings (SSSR count). The third-order valence-corrected chi connectivity index (χ3v) is 5.67. The number of anilines is 1. The molecule has 6 heteroatoms. The maximum absolute atomic E-state index is 12.4. The van der Waals surface area contributed by atoms with Gasteiger partial charge in [0.1, 0.15) is 0 Å². The normalized spacial score (nSPS) is 22.4. The number of carbonyl (C=O) groups is 1. The van der Waals surface area contributed by atoms with Gasteiger partial charge in [0, 0.05) is 12.7 Å². The molecule has 0 bridgehead atoms. The highest BCUT2D eigenvalue weighted by atomic mass is 32.2. The van der Waals surface area contributed by atoms with Gasteiger partial charge in [-0.2, -0.15) is 0 Å². The van der Waals surface area contributed by atoms with Crippen LogP contribution in [0, 0.1) is 5.92 Å². The van der Waals surface area contributed by atoms with E-state index in [1.807, 2.05) is 25.1 Å². The van der Waals surface area contributed by atoms with Crippen LogP contribution in [0.4, 0.5) is 5.69 Å². The first-order valence-corrected chi connectivity index (χ1v) is 8.45. The van der Waals surface area contributed by atoms with Crippen LogP contribution >= 0.6 is 0 Å². The van der Waals surface area contributed by atoms with Crippen molar-refractivity contribution in [3.63, 3.8) is 0 Å². The van der Waals surface area contributed by atoms with Crippen LogP contribution in [0.1, 0.15) is 24.9 Å². The molecule has 20 heavy (non-hydrogen) atoms. The quantitative estimate of drug-likeness (QED) is 0.851. The summed E-state index contributed by atoms with van der Waals surface area (Å²) in [7, 11) is -1.33. The summed E-state index contributed by atoms with van der Waals surface area (Å²) in [4.78, 5) is 14.0. The molecule has 0 saturated carbocycles. The van der Waals surface area contributed by atoms with Crippen LogP contribution in [0.15, 0.2) is 24.3 Å². The Labute approximate surface area is 119 Å². The van der Waals surface area contributed by atoms with Gasteiger partial charge >= 0.3 is 0 Å². The lowest BCUT2D eigenvalue weighted by Crippen LogP contribution is -2.35. The Morgan fingerprint density at radius 1 is 1.45 bits per heavy atom. The zero-order chi connectivity index (χ0) is 14.9. The molecule has 1 aliphatic heterocycles. The third-order valence-electron chi connectivity index (χ3n) is 3.90. The third kappa shape index (κ3) is 3.12. The van der Waals surface area contributed by atoms with Crippen LogP contribution < -0.4 is 5.73 Å². The number of hydrogen-bond donors (Lipinski definition) is 1. The fraction of sp³-hybridized carbons (Fsp3) is 0.500. The van der Waals surface area contributed by atoms with Crippen LogP contribution in [-0.4, -0.2) is 37.8 Å². The van der Waals surface area contributed by atoms with Gasteiger partial charge in [-0.25, -0.2) is 8.42 Å². The molecule has 0 spiro atoms. The first kappa shape index (κ1) is 14.8. The number of nitrogens with two attached hydrogens (primary N) is 1. The van der Waals surface area contributed by atoms with E-state index in [0.717, 1.165) is 5.56 Å². The van der Waals surface area contributed by atoms with Gasteiger partial charge in [0.2, 0.25) is 5.91 Å². The molecule has 1 saturated heterocycles. The van der Waals surface area contributed by atoms with E-state index >= 15 is 0 Å². The second-order valence-electron chi connectivity index (χ2n) is 5.40. The molecule has 2 N–H and O–H groups in total. The molecule has 0 aromatic heterocycles. The van der Waals surface area contributed by atoms with E-state index in [0.29, 0.717) is 12.1 Å². The molecule has 1 aliphatic rings. The van der Waals surface area contributed by atoms with Gasteiger partial charge in [0.05, 0.1) is 23.5 Å². The summed E-state index contributed by atoms with van der Waals surface area (Å²) < 4.78 is 22.9. The highest BCUT2D eigenvalue weighted by Crippen LogP contribution is 2.26. The van der Waals surface area contributed by atoms with E-state index < -0.39 is 15.8 Å². The number of nitrogens with zero attached hydrogens (tertiary/aromatic N) is 1.